The smallest absolute Gasteiger partial charge is 0.343 e. The van der Waals surface area contributed by atoms with Crippen LogP contribution in [0, 0.1) is 6.92 Å². The van der Waals surface area contributed by atoms with Gasteiger partial charge in [0.05, 0.1) is 24.8 Å². The number of carbonyl (C=O) groups excluding carboxylic acids is 2. The Kier molecular flexibility index (Phi) is 5.95. The number of methoxy groups -OCH3 is 1. The molecule has 0 saturated carbocycles. The molecule has 0 spiro atoms. The Morgan fingerprint density at radius 2 is 1.75 bits per heavy atom. The van der Waals surface area contributed by atoms with E-state index in [0.29, 0.717) is 23.5 Å². The molecule has 0 aliphatic heterocycles. The summed E-state index contributed by atoms with van der Waals surface area (Å²) in [5, 5.41) is 0. The fourth-order valence-electron chi connectivity index (χ4n) is 2.11. The number of carbonyl (C=O) groups is 2. The molecular formula is C19H20O5. The van der Waals surface area contributed by atoms with Crippen LogP contribution in [0.1, 0.15) is 39.6 Å². The third-order valence-electron chi connectivity index (χ3n) is 3.40. The molecule has 5 heteroatoms. The molecule has 2 aromatic carbocycles. The zero-order chi connectivity index (χ0) is 17.5. The van der Waals surface area contributed by atoms with Crippen LogP contribution < -0.4 is 9.47 Å². The van der Waals surface area contributed by atoms with E-state index < -0.39 is 11.9 Å². The lowest BCUT2D eigenvalue weighted by molar-refractivity contribution is 0.0504. The van der Waals surface area contributed by atoms with Crippen LogP contribution in [-0.4, -0.2) is 25.7 Å². The highest BCUT2D eigenvalue weighted by atomic mass is 16.6. The Hall–Kier alpha value is -2.82. The van der Waals surface area contributed by atoms with Gasteiger partial charge in [-0.15, -0.1) is 0 Å². The van der Waals surface area contributed by atoms with Crippen molar-refractivity contribution in [1.29, 1.82) is 0 Å². The Morgan fingerprint density at radius 3 is 2.42 bits per heavy atom. The molecule has 0 fully saturated rings. The molecule has 126 valence electrons. The Bertz CT molecular complexity index is 736. The zero-order valence-electron chi connectivity index (χ0n) is 14.0. The van der Waals surface area contributed by atoms with E-state index in [1.165, 1.54) is 19.2 Å². The van der Waals surface area contributed by atoms with Gasteiger partial charge >= 0.3 is 11.9 Å². The second-order valence-electron chi connectivity index (χ2n) is 5.21. The zero-order valence-corrected chi connectivity index (χ0v) is 14.0. The molecule has 2 aromatic rings. The highest BCUT2D eigenvalue weighted by molar-refractivity contribution is 5.93. The van der Waals surface area contributed by atoms with Gasteiger partial charge in [0, 0.05) is 0 Å². The van der Waals surface area contributed by atoms with Crippen molar-refractivity contribution in [3.05, 3.63) is 59.2 Å². The molecule has 0 amide bonds. The first-order valence-corrected chi connectivity index (χ1v) is 7.69. The highest BCUT2D eigenvalue weighted by Gasteiger charge is 2.16. The minimum Gasteiger partial charge on any atom is -0.493 e. The second-order valence-corrected chi connectivity index (χ2v) is 5.21. The van der Waals surface area contributed by atoms with Crippen molar-refractivity contribution in [2.75, 3.05) is 13.7 Å². The van der Waals surface area contributed by atoms with Crippen molar-refractivity contribution >= 4 is 11.9 Å². The predicted molar refractivity (Wildman–Crippen MR) is 89.7 cm³/mol. The summed E-state index contributed by atoms with van der Waals surface area (Å²) in [7, 11) is 1.45. The molecule has 0 aliphatic carbocycles. The van der Waals surface area contributed by atoms with Gasteiger partial charge in [0.2, 0.25) is 0 Å². The van der Waals surface area contributed by atoms with Crippen molar-refractivity contribution in [1.82, 2.24) is 0 Å². The minimum absolute atomic E-state index is 0.248. The van der Waals surface area contributed by atoms with Crippen LogP contribution in [0.2, 0.25) is 0 Å². The molecule has 0 saturated heterocycles. The molecule has 5 nitrogen and oxygen atoms in total. The topological polar surface area (TPSA) is 61.8 Å². The first-order valence-electron chi connectivity index (χ1n) is 7.69. The number of benzene rings is 2. The molecule has 0 unspecified atom stereocenters. The molecule has 0 atom stereocenters. The van der Waals surface area contributed by atoms with Gasteiger partial charge in [0.15, 0.2) is 11.5 Å². The van der Waals surface area contributed by atoms with Gasteiger partial charge in [-0.05, 0) is 43.2 Å². The average molecular weight is 328 g/mol. The lowest BCUT2D eigenvalue weighted by Crippen LogP contribution is -2.11. The van der Waals surface area contributed by atoms with E-state index in [1.807, 2.05) is 26.0 Å². The first-order chi connectivity index (χ1) is 11.6. The van der Waals surface area contributed by atoms with E-state index in [4.69, 9.17) is 14.2 Å². The molecule has 2 rings (SSSR count). The molecule has 0 radical (unpaired) electrons. The van der Waals surface area contributed by atoms with Crippen LogP contribution in [0.4, 0.5) is 0 Å². The molecule has 0 bridgehead atoms. The van der Waals surface area contributed by atoms with Crippen LogP contribution in [0.5, 0.6) is 11.5 Å². The fourth-order valence-corrected chi connectivity index (χ4v) is 2.11. The quantitative estimate of drug-likeness (QED) is 0.596. The summed E-state index contributed by atoms with van der Waals surface area (Å²) in [6.07, 6.45) is 0.745. The summed E-state index contributed by atoms with van der Waals surface area (Å²) < 4.78 is 15.7. The molecule has 0 aliphatic rings. The van der Waals surface area contributed by atoms with E-state index >= 15 is 0 Å². The summed E-state index contributed by atoms with van der Waals surface area (Å²) in [5.74, 6) is -0.375. The number of ether oxygens (including phenoxy) is 3. The fraction of sp³-hybridized carbons (Fsp3) is 0.263. The monoisotopic (exact) mass is 328 g/mol. The standard InChI is InChI=1S/C19H20O5/c1-4-11-23-18(20)14-9-10-16(17(12-14)22-3)24-19(21)15-8-6-5-7-13(15)2/h5-10,12H,4,11H2,1-3H3. The van der Waals surface area contributed by atoms with Gasteiger partial charge in [-0.3, -0.25) is 0 Å². The van der Waals surface area contributed by atoms with Crippen molar-refractivity contribution < 1.29 is 23.8 Å². The van der Waals surface area contributed by atoms with E-state index in [9.17, 15) is 9.59 Å². The minimum atomic E-state index is -0.479. The van der Waals surface area contributed by atoms with Crippen LogP contribution in [0.25, 0.3) is 0 Å². The Labute approximate surface area is 141 Å². The molecule has 0 N–H and O–H groups in total. The highest BCUT2D eigenvalue weighted by Crippen LogP contribution is 2.29. The summed E-state index contributed by atoms with van der Waals surface area (Å²) >= 11 is 0. The van der Waals surface area contributed by atoms with Gasteiger partial charge in [0.25, 0.3) is 0 Å². The second kappa shape index (κ2) is 8.15. The van der Waals surface area contributed by atoms with Crippen LogP contribution in [0.15, 0.2) is 42.5 Å². The van der Waals surface area contributed by atoms with E-state index in [0.717, 1.165) is 12.0 Å². The number of rotatable bonds is 6. The van der Waals surface area contributed by atoms with Gasteiger partial charge in [-0.25, -0.2) is 9.59 Å². The van der Waals surface area contributed by atoms with Crippen molar-refractivity contribution in [2.45, 2.75) is 20.3 Å². The number of aryl methyl sites for hydroxylation is 1. The Balaban J connectivity index is 2.20. The van der Waals surface area contributed by atoms with Crippen molar-refractivity contribution in [3.63, 3.8) is 0 Å². The lowest BCUT2D eigenvalue weighted by atomic mass is 10.1. The molecular weight excluding hydrogens is 308 g/mol. The van der Waals surface area contributed by atoms with Gasteiger partial charge in [-0.1, -0.05) is 25.1 Å². The van der Waals surface area contributed by atoms with E-state index in [2.05, 4.69) is 0 Å². The largest absolute Gasteiger partial charge is 0.493 e. The van der Waals surface area contributed by atoms with Crippen LogP contribution >= 0.6 is 0 Å². The average Bonchev–Trinajstić information content (AvgIpc) is 2.60. The molecule has 0 aromatic heterocycles. The van der Waals surface area contributed by atoms with Gasteiger partial charge in [0.1, 0.15) is 0 Å². The van der Waals surface area contributed by atoms with Crippen molar-refractivity contribution in [3.8, 4) is 11.5 Å². The number of hydrogen-bond acceptors (Lipinski definition) is 5. The Morgan fingerprint density at radius 1 is 1.00 bits per heavy atom. The predicted octanol–water partition coefficient (Wildman–Crippen LogP) is 3.79. The summed E-state index contributed by atoms with van der Waals surface area (Å²) in [4.78, 5) is 24.2. The van der Waals surface area contributed by atoms with Crippen molar-refractivity contribution in [2.24, 2.45) is 0 Å². The normalized spacial score (nSPS) is 10.1. The van der Waals surface area contributed by atoms with E-state index in [-0.39, 0.29) is 5.75 Å². The number of esters is 2. The third kappa shape index (κ3) is 4.13. The van der Waals surface area contributed by atoms with Gasteiger partial charge < -0.3 is 14.2 Å². The summed E-state index contributed by atoms with van der Waals surface area (Å²) in [6, 6.07) is 11.7. The first kappa shape index (κ1) is 17.5. The van der Waals surface area contributed by atoms with Crippen LogP contribution in [0.3, 0.4) is 0 Å². The van der Waals surface area contributed by atoms with Gasteiger partial charge in [-0.2, -0.15) is 0 Å². The molecule has 0 heterocycles. The lowest BCUT2D eigenvalue weighted by Gasteiger charge is -2.11. The summed E-state index contributed by atoms with van der Waals surface area (Å²) in [5.41, 5.74) is 1.64. The third-order valence-corrected chi connectivity index (χ3v) is 3.40. The maximum Gasteiger partial charge on any atom is 0.343 e. The molecule has 24 heavy (non-hydrogen) atoms. The SMILES string of the molecule is CCCOC(=O)c1ccc(OC(=O)c2ccccc2C)c(OC)c1. The van der Waals surface area contributed by atoms with E-state index in [1.54, 1.807) is 18.2 Å². The maximum absolute atomic E-state index is 12.3. The maximum atomic E-state index is 12.3. The number of hydrogen-bond donors (Lipinski definition) is 0. The van der Waals surface area contributed by atoms with Crippen LogP contribution in [-0.2, 0) is 4.74 Å². The summed E-state index contributed by atoms with van der Waals surface area (Å²) in [6.45, 7) is 4.10.